The predicted octanol–water partition coefficient (Wildman–Crippen LogP) is 3.30. The Morgan fingerprint density at radius 3 is 2.48 bits per heavy atom. The van der Waals surface area contributed by atoms with Crippen molar-refractivity contribution in [2.24, 2.45) is 0 Å². The average Bonchev–Trinajstić information content (AvgIpc) is 3.30. The van der Waals surface area contributed by atoms with Gasteiger partial charge in [-0.3, -0.25) is 9.59 Å². The Kier molecular flexibility index (Phi) is 5.04. The van der Waals surface area contributed by atoms with Crippen molar-refractivity contribution < 1.29 is 19.1 Å². The van der Waals surface area contributed by atoms with E-state index >= 15 is 0 Å². The highest BCUT2D eigenvalue weighted by atomic mass is 16.7. The van der Waals surface area contributed by atoms with Gasteiger partial charge in [0.05, 0.1) is 0 Å². The lowest BCUT2D eigenvalue weighted by molar-refractivity contribution is -0.126. The van der Waals surface area contributed by atoms with Gasteiger partial charge in [-0.15, -0.1) is 0 Å². The Bertz CT molecular complexity index is 1130. The summed E-state index contributed by atoms with van der Waals surface area (Å²) in [6.45, 7) is 0.968. The maximum Gasteiger partial charge on any atom is 0.254 e. The summed E-state index contributed by atoms with van der Waals surface area (Å²) in [4.78, 5) is 28.1. The van der Waals surface area contributed by atoms with Gasteiger partial charge in [0.15, 0.2) is 11.5 Å². The minimum absolute atomic E-state index is 0.140. The number of carbonyl (C=O) groups excluding carboxylic acids is 2. The zero-order valence-electron chi connectivity index (χ0n) is 16.9. The topological polar surface area (TPSA) is 67.9 Å². The number of fused-ring (bicyclic) bond motifs is 2. The Morgan fingerprint density at radius 1 is 0.903 bits per heavy atom. The summed E-state index contributed by atoms with van der Waals surface area (Å²) in [5.74, 6) is 1.08. The third-order valence-corrected chi connectivity index (χ3v) is 5.74. The largest absolute Gasteiger partial charge is 0.454 e. The lowest BCUT2D eigenvalue weighted by Crippen LogP contribution is -2.52. The van der Waals surface area contributed by atoms with Crippen molar-refractivity contribution >= 4 is 11.8 Å². The molecule has 0 fully saturated rings. The van der Waals surface area contributed by atoms with Crippen LogP contribution in [0.4, 0.5) is 0 Å². The number of amides is 2. The van der Waals surface area contributed by atoms with Crippen LogP contribution in [0.2, 0.25) is 0 Å². The van der Waals surface area contributed by atoms with Crippen molar-refractivity contribution in [3.8, 4) is 11.5 Å². The fourth-order valence-electron chi connectivity index (χ4n) is 4.08. The maximum absolute atomic E-state index is 13.2. The second-order valence-electron chi connectivity index (χ2n) is 7.69. The first-order valence-electron chi connectivity index (χ1n) is 10.3. The summed E-state index contributed by atoms with van der Waals surface area (Å²) < 4.78 is 10.7. The lowest BCUT2D eigenvalue weighted by Gasteiger charge is -2.36. The molecular weight excluding hydrogens is 392 g/mol. The van der Waals surface area contributed by atoms with E-state index < -0.39 is 6.04 Å². The van der Waals surface area contributed by atoms with Crippen LogP contribution in [0.25, 0.3) is 0 Å². The minimum Gasteiger partial charge on any atom is -0.454 e. The van der Waals surface area contributed by atoms with Crippen LogP contribution in [-0.4, -0.2) is 29.5 Å². The molecule has 1 N–H and O–H groups in total. The normalized spacial score (nSPS) is 16.5. The molecule has 156 valence electrons. The minimum atomic E-state index is -0.573. The van der Waals surface area contributed by atoms with Crippen LogP contribution in [0.15, 0.2) is 72.8 Å². The van der Waals surface area contributed by atoms with Crippen molar-refractivity contribution in [3.05, 3.63) is 95.1 Å². The van der Waals surface area contributed by atoms with Crippen LogP contribution in [0.5, 0.6) is 11.5 Å². The van der Waals surface area contributed by atoms with Crippen LogP contribution in [0.1, 0.15) is 27.0 Å². The van der Waals surface area contributed by atoms with Crippen LogP contribution >= 0.6 is 0 Å². The quantitative estimate of drug-likeness (QED) is 0.711. The van der Waals surface area contributed by atoms with E-state index in [1.165, 1.54) is 0 Å². The Morgan fingerprint density at radius 2 is 1.65 bits per heavy atom. The lowest BCUT2D eigenvalue weighted by atomic mass is 9.92. The first-order valence-corrected chi connectivity index (χ1v) is 10.3. The standard InChI is InChI=1S/C25H22N2O4/c28-24(26-14-17-10-11-22-23(12-17)31-16-30-22)21-13-19-8-4-5-9-20(19)15-27(21)25(29)18-6-2-1-3-7-18/h1-12,21H,13-16H2,(H,26,28)/t21-/m1/s1. The molecular formula is C25H22N2O4. The Labute approximate surface area is 180 Å². The highest BCUT2D eigenvalue weighted by molar-refractivity contribution is 5.98. The maximum atomic E-state index is 13.2. The molecule has 2 aliphatic rings. The molecule has 0 saturated heterocycles. The number of nitrogens with one attached hydrogen (secondary N) is 1. The van der Waals surface area contributed by atoms with Crippen LogP contribution < -0.4 is 14.8 Å². The number of hydrogen-bond acceptors (Lipinski definition) is 4. The number of benzene rings is 3. The first-order chi connectivity index (χ1) is 15.2. The fraction of sp³-hybridized carbons (Fsp3) is 0.200. The number of nitrogens with zero attached hydrogens (tertiary/aromatic N) is 1. The zero-order chi connectivity index (χ0) is 21.2. The fourth-order valence-corrected chi connectivity index (χ4v) is 4.08. The zero-order valence-corrected chi connectivity index (χ0v) is 16.9. The summed E-state index contributed by atoms with van der Waals surface area (Å²) in [5, 5.41) is 3.00. The average molecular weight is 414 g/mol. The molecule has 5 rings (SSSR count). The molecule has 2 amide bonds. The molecule has 0 radical (unpaired) electrons. The van der Waals surface area contributed by atoms with Crippen molar-refractivity contribution in [1.29, 1.82) is 0 Å². The molecule has 2 heterocycles. The monoisotopic (exact) mass is 414 g/mol. The SMILES string of the molecule is O=C(NCc1ccc2c(c1)OCO2)[C@H]1Cc2ccccc2CN1C(=O)c1ccccc1. The third kappa shape index (κ3) is 3.84. The smallest absolute Gasteiger partial charge is 0.254 e. The molecule has 0 saturated carbocycles. The van der Waals surface area contributed by atoms with Crippen molar-refractivity contribution in [2.75, 3.05) is 6.79 Å². The van der Waals surface area contributed by atoms with E-state index in [9.17, 15) is 9.59 Å². The molecule has 0 bridgehead atoms. The second kappa shape index (κ2) is 8.14. The summed E-state index contributed by atoms with van der Waals surface area (Å²) in [7, 11) is 0. The molecule has 2 aliphatic heterocycles. The molecule has 0 spiro atoms. The van der Waals surface area contributed by atoms with Crippen molar-refractivity contribution in [3.63, 3.8) is 0 Å². The van der Waals surface area contributed by atoms with Gasteiger partial charge in [-0.25, -0.2) is 0 Å². The van der Waals surface area contributed by atoms with E-state index in [2.05, 4.69) is 5.32 Å². The highest BCUT2D eigenvalue weighted by Crippen LogP contribution is 2.32. The second-order valence-corrected chi connectivity index (χ2v) is 7.69. The molecule has 6 heteroatoms. The van der Waals surface area contributed by atoms with E-state index in [1.54, 1.807) is 17.0 Å². The molecule has 0 unspecified atom stereocenters. The van der Waals surface area contributed by atoms with Gasteiger partial charge in [0.1, 0.15) is 6.04 Å². The van der Waals surface area contributed by atoms with Gasteiger partial charge in [-0.1, -0.05) is 48.5 Å². The Balaban J connectivity index is 1.36. The van der Waals surface area contributed by atoms with Gasteiger partial charge < -0.3 is 19.7 Å². The molecule has 3 aromatic rings. The van der Waals surface area contributed by atoms with Gasteiger partial charge in [0.25, 0.3) is 5.91 Å². The van der Waals surface area contributed by atoms with Gasteiger partial charge in [0, 0.05) is 25.1 Å². The number of rotatable bonds is 4. The van der Waals surface area contributed by atoms with Gasteiger partial charge >= 0.3 is 0 Å². The number of hydrogen-bond donors (Lipinski definition) is 1. The van der Waals surface area contributed by atoms with Gasteiger partial charge in [-0.2, -0.15) is 0 Å². The van der Waals surface area contributed by atoms with Crippen LogP contribution in [0, 0.1) is 0 Å². The van der Waals surface area contributed by atoms with E-state index in [0.29, 0.717) is 36.6 Å². The summed E-state index contributed by atoms with van der Waals surface area (Å²) >= 11 is 0. The summed E-state index contributed by atoms with van der Waals surface area (Å²) in [6, 6.07) is 22.1. The molecule has 0 aliphatic carbocycles. The number of carbonyl (C=O) groups is 2. The van der Waals surface area contributed by atoms with Crippen molar-refractivity contribution in [1.82, 2.24) is 10.2 Å². The Hall–Kier alpha value is -3.80. The van der Waals surface area contributed by atoms with Crippen LogP contribution in [0.3, 0.4) is 0 Å². The third-order valence-electron chi connectivity index (χ3n) is 5.74. The van der Waals surface area contributed by atoms with Gasteiger partial charge in [-0.05, 0) is 41.0 Å². The predicted molar refractivity (Wildman–Crippen MR) is 115 cm³/mol. The van der Waals surface area contributed by atoms with Crippen LogP contribution in [-0.2, 0) is 24.3 Å². The molecule has 1 atom stereocenters. The van der Waals surface area contributed by atoms with E-state index in [1.807, 2.05) is 60.7 Å². The molecule has 6 nitrogen and oxygen atoms in total. The van der Waals surface area contributed by atoms with E-state index in [0.717, 1.165) is 16.7 Å². The summed E-state index contributed by atoms with van der Waals surface area (Å²) in [5.41, 5.74) is 3.67. The van der Waals surface area contributed by atoms with Gasteiger partial charge in [0.2, 0.25) is 12.7 Å². The van der Waals surface area contributed by atoms with Crippen molar-refractivity contribution in [2.45, 2.75) is 25.6 Å². The molecule has 0 aromatic heterocycles. The molecule has 3 aromatic carbocycles. The first kappa shape index (κ1) is 19.2. The van der Waals surface area contributed by atoms with E-state index in [4.69, 9.17) is 9.47 Å². The van der Waals surface area contributed by atoms with E-state index in [-0.39, 0.29) is 18.6 Å². The summed E-state index contributed by atoms with van der Waals surface area (Å²) in [6.07, 6.45) is 0.488. The highest BCUT2D eigenvalue weighted by Gasteiger charge is 2.34. The number of ether oxygens (including phenoxy) is 2. The molecule has 31 heavy (non-hydrogen) atoms.